The molecule has 1 aromatic carbocycles. The van der Waals surface area contributed by atoms with Crippen molar-refractivity contribution in [3.8, 4) is 0 Å². The van der Waals surface area contributed by atoms with Gasteiger partial charge in [-0.2, -0.15) is 0 Å². The molecular formula is C22H28N2O6. The molecule has 2 N–H and O–H groups in total. The first-order chi connectivity index (χ1) is 14.3. The van der Waals surface area contributed by atoms with E-state index in [1.54, 1.807) is 12.1 Å². The number of hydrogen-bond acceptors (Lipinski definition) is 5. The zero-order valence-corrected chi connectivity index (χ0v) is 17.3. The minimum Gasteiger partial charge on any atom is -0.478 e. The average Bonchev–Trinajstić information content (AvgIpc) is 3.00. The van der Waals surface area contributed by atoms with Crippen LogP contribution in [0.25, 0.3) is 0 Å². The van der Waals surface area contributed by atoms with E-state index in [0.717, 1.165) is 16.9 Å². The number of carbonyl (C=O) groups is 4. The summed E-state index contributed by atoms with van der Waals surface area (Å²) in [5.74, 6) is -1.61. The smallest absolute Gasteiger partial charge is 0.337 e. The average molecular weight is 416 g/mol. The Hall–Kier alpha value is -3.00. The molecule has 1 aromatic rings. The fraction of sp³-hybridized carbons (Fsp3) is 0.455. The van der Waals surface area contributed by atoms with E-state index in [1.165, 1.54) is 18.2 Å². The maximum absolute atomic E-state index is 12.3. The van der Waals surface area contributed by atoms with Gasteiger partial charge in [0.25, 0.3) is 11.8 Å². The third kappa shape index (κ3) is 7.11. The highest BCUT2D eigenvalue weighted by Crippen LogP contribution is 2.20. The summed E-state index contributed by atoms with van der Waals surface area (Å²) in [4.78, 5) is 47.8. The molecule has 8 heteroatoms. The van der Waals surface area contributed by atoms with Crippen molar-refractivity contribution in [2.45, 2.75) is 46.1 Å². The molecular weight excluding hydrogens is 388 g/mol. The molecule has 0 spiro atoms. The van der Waals surface area contributed by atoms with E-state index in [0.29, 0.717) is 32.0 Å². The van der Waals surface area contributed by atoms with Crippen molar-refractivity contribution in [1.29, 1.82) is 0 Å². The Morgan fingerprint density at radius 3 is 2.47 bits per heavy atom. The summed E-state index contributed by atoms with van der Waals surface area (Å²) in [6.45, 7) is 5.41. The van der Waals surface area contributed by atoms with Crippen molar-refractivity contribution in [3.05, 3.63) is 41.5 Å². The second-order valence-corrected chi connectivity index (χ2v) is 7.59. The molecule has 8 nitrogen and oxygen atoms in total. The number of nitrogens with zero attached hydrogens (tertiary/aromatic N) is 1. The number of benzene rings is 1. The number of rotatable bonds is 12. The highest BCUT2D eigenvalue weighted by Gasteiger charge is 2.22. The van der Waals surface area contributed by atoms with Crippen LogP contribution in [0.1, 0.15) is 55.5 Å². The van der Waals surface area contributed by atoms with Gasteiger partial charge in [0, 0.05) is 31.7 Å². The fourth-order valence-corrected chi connectivity index (χ4v) is 2.90. The number of imide groups is 1. The molecule has 30 heavy (non-hydrogen) atoms. The molecule has 0 aliphatic carbocycles. The van der Waals surface area contributed by atoms with Gasteiger partial charge in [0.2, 0.25) is 5.91 Å². The Balaban J connectivity index is 1.85. The van der Waals surface area contributed by atoms with E-state index in [4.69, 9.17) is 4.74 Å². The van der Waals surface area contributed by atoms with Gasteiger partial charge in [0.05, 0.1) is 17.9 Å². The summed E-state index contributed by atoms with van der Waals surface area (Å²) in [5.41, 5.74) is 1.01. The van der Waals surface area contributed by atoms with E-state index in [1.807, 2.05) is 0 Å². The quantitative estimate of drug-likeness (QED) is 0.400. The number of carboxylic acids is 1. The van der Waals surface area contributed by atoms with E-state index in [9.17, 15) is 24.3 Å². The van der Waals surface area contributed by atoms with Crippen LogP contribution in [0.4, 0.5) is 5.69 Å². The normalized spacial score (nSPS) is 13.4. The van der Waals surface area contributed by atoms with Crippen LogP contribution in [-0.2, 0) is 25.7 Å². The molecule has 0 unspecified atom stereocenters. The standard InChI is InChI=1S/C22H28N2O6/c1-15(2)10-12-30-14-16-6-7-17(22(28)29)18(13-16)23-19(25)5-3-4-11-24-20(26)8-9-21(24)27/h6-9,13,15H,3-5,10-12,14H2,1-2H3,(H,23,25)(H,28,29). The molecule has 3 amide bonds. The second-order valence-electron chi connectivity index (χ2n) is 7.59. The second kappa shape index (κ2) is 11.3. The maximum Gasteiger partial charge on any atom is 0.337 e. The third-order valence-corrected chi connectivity index (χ3v) is 4.63. The zero-order chi connectivity index (χ0) is 22.1. The van der Waals surface area contributed by atoms with Crippen molar-refractivity contribution >= 4 is 29.4 Å². The van der Waals surface area contributed by atoms with Gasteiger partial charge < -0.3 is 15.2 Å². The van der Waals surface area contributed by atoms with Gasteiger partial charge in [-0.1, -0.05) is 19.9 Å². The molecule has 162 valence electrons. The van der Waals surface area contributed by atoms with E-state index in [2.05, 4.69) is 19.2 Å². The lowest BCUT2D eigenvalue weighted by Gasteiger charge is -2.14. The number of anilines is 1. The molecule has 0 atom stereocenters. The highest BCUT2D eigenvalue weighted by atomic mass is 16.5. The van der Waals surface area contributed by atoms with Crippen LogP contribution < -0.4 is 5.32 Å². The summed E-state index contributed by atoms with van der Waals surface area (Å²) in [5, 5.41) is 12.0. The number of ether oxygens (including phenoxy) is 1. The number of carboxylic acid groups (broad SMARTS) is 1. The number of amides is 3. The van der Waals surface area contributed by atoms with Gasteiger partial charge in [0.15, 0.2) is 0 Å². The SMILES string of the molecule is CC(C)CCOCc1ccc(C(=O)O)c(NC(=O)CCCCN2C(=O)C=CC2=O)c1. The largest absolute Gasteiger partial charge is 0.478 e. The number of nitrogens with one attached hydrogen (secondary N) is 1. The fourth-order valence-electron chi connectivity index (χ4n) is 2.90. The molecule has 0 bridgehead atoms. The van der Waals surface area contributed by atoms with Crippen LogP contribution in [0.3, 0.4) is 0 Å². The predicted octanol–water partition coefficient (Wildman–Crippen LogP) is 2.98. The van der Waals surface area contributed by atoms with Gasteiger partial charge in [-0.15, -0.1) is 0 Å². The summed E-state index contributed by atoms with van der Waals surface area (Å²) < 4.78 is 5.61. The summed E-state index contributed by atoms with van der Waals surface area (Å²) in [6.07, 6.45) is 4.48. The summed E-state index contributed by atoms with van der Waals surface area (Å²) >= 11 is 0. The molecule has 0 saturated carbocycles. The van der Waals surface area contributed by atoms with Crippen molar-refractivity contribution in [2.75, 3.05) is 18.5 Å². The van der Waals surface area contributed by atoms with Gasteiger partial charge in [-0.05, 0) is 42.9 Å². The lowest BCUT2D eigenvalue weighted by Crippen LogP contribution is -2.31. The molecule has 1 aliphatic rings. The van der Waals surface area contributed by atoms with E-state index < -0.39 is 5.97 Å². The van der Waals surface area contributed by atoms with Crippen molar-refractivity contribution in [3.63, 3.8) is 0 Å². The Morgan fingerprint density at radius 2 is 1.83 bits per heavy atom. The lowest BCUT2D eigenvalue weighted by atomic mass is 10.1. The first-order valence-corrected chi connectivity index (χ1v) is 10.0. The van der Waals surface area contributed by atoms with Gasteiger partial charge >= 0.3 is 5.97 Å². The summed E-state index contributed by atoms with van der Waals surface area (Å²) in [6, 6.07) is 4.74. The van der Waals surface area contributed by atoms with Crippen LogP contribution in [0.5, 0.6) is 0 Å². The van der Waals surface area contributed by atoms with Crippen molar-refractivity contribution < 1.29 is 29.0 Å². The number of aromatic carboxylic acids is 1. The molecule has 1 aliphatic heterocycles. The predicted molar refractivity (Wildman–Crippen MR) is 111 cm³/mol. The Labute approximate surface area is 175 Å². The number of unbranched alkanes of at least 4 members (excludes halogenated alkanes) is 1. The monoisotopic (exact) mass is 416 g/mol. The number of hydrogen-bond donors (Lipinski definition) is 2. The van der Waals surface area contributed by atoms with Crippen molar-refractivity contribution in [1.82, 2.24) is 4.90 Å². The molecule has 0 aromatic heterocycles. The van der Waals surface area contributed by atoms with Gasteiger partial charge in [0.1, 0.15) is 0 Å². The van der Waals surface area contributed by atoms with Gasteiger partial charge in [-0.3, -0.25) is 19.3 Å². The molecule has 0 fully saturated rings. The third-order valence-electron chi connectivity index (χ3n) is 4.63. The van der Waals surface area contributed by atoms with E-state index in [-0.39, 0.29) is 41.9 Å². The minimum atomic E-state index is -1.13. The van der Waals surface area contributed by atoms with Crippen LogP contribution >= 0.6 is 0 Å². The lowest BCUT2D eigenvalue weighted by molar-refractivity contribution is -0.136. The van der Waals surface area contributed by atoms with Crippen LogP contribution in [0, 0.1) is 5.92 Å². The first-order valence-electron chi connectivity index (χ1n) is 10.0. The molecule has 0 radical (unpaired) electrons. The molecule has 0 saturated heterocycles. The van der Waals surface area contributed by atoms with Crippen LogP contribution in [-0.4, -0.2) is 46.8 Å². The summed E-state index contributed by atoms with van der Waals surface area (Å²) in [7, 11) is 0. The molecule has 2 rings (SSSR count). The zero-order valence-electron chi connectivity index (χ0n) is 17.3. The Morgan fingerprint density at radius 1 is 1.13 bits per heavy atom. The van der Waals surface area contributed by atoms with Crippen molar-refractivity contribution in [2.24, 2.45) is 5.92 Å². The Bertz CT molecular complexity index is 813. The first kappa shape index (κ1) is 23.3. The van der Waals surface area contributed by atoms with Gasteiger partial charge in [-0.25, -0.2) is 4.79 Å². The van der Waals surface area contributed by atoms with E-state index >= 15 is 0 Å². The minimum absolute atomic E-state index is 0.00798. The number of carbonyl (C=O) groups excluding carboxylic acids is 3. The topological polar surface area (TPSA) is 113 Å². The van der Waals surface area contributed by atoms with Crippen LogP contribution in [0.2, 0.25) is 0 Å². The van der Waals surface area contributed by atoms with Crippen LogP contribution in [0.15, 0.2) is 30.4 Å². The Kier molecular flexibility index (Phi) is 8.73. The highest BCUT2D eigenvalue weighted by molar-refractivity contribution is 6.12. The molecule has 1 heterocycles. The maximum atomic E-state index is 12.3.